The molecular weight excluding hydrogens is 486 g/mol. The molecule has 0 bridgehead atoms. The average Bonchev–Trinajstić information content (AvgIpc) is 3.62. The molecule has 1 aliphatic carbocycles. The number of nitrogens with one attached hydrogen (secondary N) is 4. The lowest BCUT2D eigenvalue weighted by molar-refractivity contribution is -0.117. The molecular formula is C23H23N7O5S. The second kappa shape index (κ2) is 10.4. The molecule has 12 nitrogen and oxygen atoms in total. The first-order valence-electron chi connectivity index (χ1n) is 10.8. The summed E-state index contributed by atoms with van der Waals surface area (Å²) in [5.41, 5.74) is 6.48. The van der Waals surface area contributed by atoms with Crippen molar-refractivity contribution in [1.82, 2.24) is 15.5 Å². The van der Waals surface area contributed by atoms with Gasteiger partial charge in [-0.2, -0.15) is 0 Å². The summed E-state index contributed by atoms with van der Waals surface area (Å²) in [4.78, 5) is 49.2. The highest BCUT2D eigenvalue weighted by Gasteiger charge is 2.30. The molecule has 0 radical (unpaired) electrons. The van der Waals surface area contributed by atoms with Crippen LogP contribution in [-0.2, 0) is 4.79 Å². The maximum absolute atomic E-state index is 13.0. The van der Waals surface area contributed by atoms with Gasteiger partial charge >= 0.3 is 0 Å². The van der Waals surface area contributed by atoms with Crippen LogP contribution < -0.4 is 31.7 Å². The number of primary amides is 1. The standard InChI is InChI=1S/C23H23N7O5S/c1-25-23(34)18-15(9-17(29-30-18)28-21(32)11-6-7-11)27-14-5-3-4-13(19(14)35-2)22(33)26-12-8-16(20(24)31)36-10-12/h3-5,8-11H,6-7H2,1-2H3,(H2,24,31)(H,25,34)(H,26,33)(H2,27,28,29,32). The second-order valence-electron chi connectivity index (χ2n) is 7.86. The number of carbonyl (C=O) groups excluding carboxylic acids is 4. The van der Waals surface area contributed by atoms with Crippen LogP contribution in [0.2, 0.25) is 0 Å². The van der Waals surface area contributed by atoms with Crippen LogP contribution >= 0.6 is 11.3 Å². The zero-order valence-electron chi connectivity index (χ0n) is 19.4. The van der Waals surface area contributed by atoms with Gasteiger partial charge in [-0.25, -0.2) is 0 Å². The van der Waals surface area contributed by atoms with Crippen LogP contribution in [0, 0.1) is 5.92 Å². The number of methoxy groups -OCH3 is 1. The molecule has 0 unspecified atom stereocenters. The maximum atomic E-state index is 13.0. The van der Waals surface area contributed by atoms with Gasteiger partial charge in [0.1, 0.15) is 0 Å². The number of aromatic nitrogens is 2. The third-order valence-corrected chi connectivity index (χ3v) is 6.21. The number of ether oxygens (including phenoxy) is 1. The summed E-state index contributed by atoms with van der Waals surface area (Å²) >= 11 is 1.11. The molecule has 0 aliphatic heterocycles. The molecule has 0 atom stereocenters. The molecule has 1 saturated carbocycles. The molecule has 4 amide bonds. The zero-order chi connectivity index (χ0) is 25.8. The van der Waals surface area contributed by atoms with Gasteiger partial charge in [-0.15, -0.1) is 21.5 Å². The fourth-order valence-corrected chi connectivity index (χ4v) is 4.01. The van der Waals surface area contributed by atoms with Crippen LogP contribution in [0.15, 0.2) is 35.7 Å². The first-order valence-corrected chi connectivity index (χ1v) is 11.7. The van der Waals surface area contributed by atoms with E-state index in [4.69, 9.17) is 10.5 Å². The molecule has 186 valence electrons. The van der Waals surface area contributed by atoms with Crippen molar-refractivity contribution in [2.75, 3.05) is 30.1 Å². The van der Waals surface area contributed by atoms with Crippen molar-refractivity contribution in [3.63, 3.8) is 0 Å². The van der Waals surface area contributed by atoms with E-state index in [1.807, 2.05) is 0 Å². The smallest absolute Gasteiger partial charge is 0.273 e. The molecule has 6 N–H and O–H groups in total. The van der Waals surface area contributed by atoms with Crippen molar-refractivity contribution in [2.45, 2.75) is 12.8 Å². The molecule has 0 spiro atoms. The van der Waals surface area contributed by atoms with Crippen molar-refractivity contribution in [3.05, 3.63) is 51.8 Å². The Morgan fingerprint density at radius 2 is 1.83 bits per heavy atom. The summed E-state index contributed by atoms with van der Waals surface area (Å²) in [5, 5.41) is 20.5. The number of para-hydroxylation sites is 1. The predicted octanol–water partition coefficient (Wildman–Crippen LogP) is 2.35. The molecule has 1 aliphatic rings. The maximum Gasteiger partial charge on any atom is 0.273 e. The first-order chi connectivity index (χ1) is 17.3. The Bertz CT molecular complexity index is 1350. The van der Waals surface area contributed by atoms with Crippen molar-refractivity contribution in [1.29, 1.82) is 0 Å². The van der Waals surface area contributed by atoms with E-state index in [0.717, 1.165) is 24.2 Å². The quantitative estimate of drug-likeness (QED) is 0.292. The Kier molecular flexibility index (Phi) is 7.10. The highest BCUT2D eigenvalue weighted by molar-refractivity contribution is 7.12. The summed E-state index contributed by atoms with van der Waals surface area (Å²) in [6.07, 6.45) is 1.64. The van der Waals surface area contributed by atoms with Gasteiger partial charge in [0.25, 0.3) is 17.7 Å². The normalized spacial score (nSPS) is 12.4. The van der Waals surface area contributed by atoms with E-state index >= 15 is 0 Å². The highest BCUT2D eigenvalue weighted by atomic mass is 32.1. The number of hydrogen-bond acceptors (Lipinski definition) is 9. The van der Waals surface area contributed by atoms with Gasteiger partial charge in [-0.05, 0) is 31.0 Å². The average molecular weight is 510 g/mol. The summed E-state index contributed by atoms with van der Waals surface area (Å²) in [7, 11) is 2.86. The van der Waals surface area contributed by atoms with Crippen molar-refractivity contribution < 1.29 is 23.9 Å². The van der Waals surface area contributed by atoms with E-state index in [2.05, 4.69) is 31.5 Å². The molecule has 36 heavy (non-hydrogen) atoms. The lowest BCUT2D eigenvalue weighted by Crippen LogP contribution is -2.22. The van der Waals surface area contributed by atoms with E-state index in [1.54, 1.807) is 23.6 Å². The van der Waals surface area contributed by atoms with E-state index in [1.165, 1.54) is 26.3 Å². The first kappa shape index (κ1) is 24.6. The highest BCUT2D eigenvalue weighted by Crippen LogP contribution is 2.34. The number of hydrogen-bond donors (Lipinski definition) is 5. The van der Waals surface area contributed by atoms with Crippen LogP contribution in [0.4, 0.5) is 22.9 Å². The largest absolute Gasteiger partial charge is 0.494 e. The second-order valence-corrected chi connectivity index (χ2v) is 8.78. The topological polar surface area (TPSA) is 177 Å². The summed E-state index contributed by atoms with van der Waals surface area (Å²) in [5.74, 6) is -1.40. The number of carbonyl (C=O) groups is 4. The molecule has 4 rings (SSSR count). The minimum absolute atomic E-state index is 0.0175. The van der Waals surface area contributed by atoms with E-state index in [9.17, 15) is 19.2 Å². The lowest BCUT2D eigenvalue weighted by atomic mass is 10.1. The molecule has 13 heteroatoms. The van der Waals surface area contributed by atoms with Crippen LogP contribution in [-0.4, -0.2) is 48.0 Å². The van der Waals surface area contributed by atoms with Gasteiger partial charge in [0.05, 0.1) is 34.6 Å². The van der Waals surface area contributed by atoms with Gasteiger partial charge in [0, 0.05) is 24.4 Å². The SMILES string of the molecule is CNC(=O)c1nnc(NC(=O)C2CC2)cc1Nc1cccc(C(=O)Nc2csc(C(N)=O)c2)c1OC. The molecule has 0 saturated heterocycles. The van der Waals surface area contributed by atoms with Gasteiger partial charge in [0.2, 0.25) is 5.91 Å². The van der Waals surface area contributed by atoms with E-state index in [0.29, 0.717) is 16.3 Å². The van der Waals surface area contributed by atoms with Crippen molar-refractivity contribution >= 4 is 57.8 Å². The molecule has 3 aromatic rings. The minimum Gasteiger partial charge on any atom is -0.494 e. The summed E-state index contributed by atoms with van der Waals surface area (Å²) in [6.45, 7) is 0. The van der Waals surface area contributed by atoms with Gasteiger partial charge in [-0.3, -0.25) is 19.2 Å². The third-order valence-electron chi connectivity index (χ3n) is 5.27. The Hall–Kier alpha value is -4.52. The summed E-state index contributed by atoms with van der Waals surface area (Å²) < 4.78 is 5.51. The van der Waals surface area contributed by atoms with Crippen molar-refractivity contribution in [2.24, 2.45) is 11.7 Å². The monoisotopic (exact) mass is 509 g/mol. The number of thiophene rings is 1. The number of amides is 4. The number of anilines is 4. The minimum atomic E-state index is -0.588. The fraction of sp³-hybridized carbons (Fsp3) is 0.217. The molecule has 2 aromatic heterocycles. The summed E-state index contributed by atoms with van der Waals surface area (Å²) in [6, 6.07) is 7.82. The van der Waals surface area contributed by atoms with Gasteiger partial charge < -0.3 is 31.7 Å². The molecule has 1 aromatic carbocycles. The molecule has 2 heterocycles. The van der Waals surface area contributed by atoms with Gasteiger partial charge in [-0.1, -0.05) is 6.07 Å². The van der Waals surface area contributed by atoms with Gasteiger partial charge in [0.15, 0.2) is 17.3 Å². The lowest BCUT2D eigenvalue weighted by Gasteiger charge is -2.16. The number of nitrogens with zero attached hydrogens (tertiary/aromatic N) is 2. The van der Waals surface area contributed by atoms with Crippen LogP contribution in [0.5, 0.6) is 5.75 Å². The Labute approximate surface area is 209 Å². The zero-order valence-corrected chi connectivity index (χ0v) is 20.2. The van der Waals surface area contributed by atoms with E-state index < -0.39 is 17.7 Å². The predicted molar refractivity (Wildman–Crippen MR) is 134 cm³/mol. The fourth-order valence-electron chi connectivity index (χ4n) is 3.32. The van der Waals surface area contributed by atoms with Crippen LogP contribution in [0.1, 0.15) is 43.4 Å². The van der Waals surface area contributed by atoms with Crippen LogP contribution in [0.3, 0.4) is 0 Å². The van der Waals surface area contributed by atoms with Crippen LogP contribution in [0.25, 0.3) is 0 Å². The Morgan fingerprint density at radius 1 is 1.06 bits per heavy atom. The van der Waals surface area contributed by atoms with Crippen molar-refractivity contribution in [3.8, 4) is 5.75 Å². The van der Waals surface area contributed by atoms with E-state index in [-0.39, 0.29) is 40.3 Å². The number of benzene rings is 1. The third kappa shape index (κ3) is 5.41. The number of nitrogens with two attached hydrogens (primary N) is 1. The molecule has 1 fully saturated rings. The Morgan fingerprint density at radius 3 is 2.47 bits per heavy atom. The Balaban J connectivity index is 1.63. The number of rotatable bonds is 9.